The van der Waals surface area contributed by atoms with E-state index in [2.05, 4.69) is 18.0 Å². The van der Waals surface area contributed by atoms with Gasteiger partial charge in [-0.15, -0.1) is 11.8 Å². The first-order chi connectivity index (χ1) is 11.1. The Kier molecular flexibility index (Phi) is 4.64. The zero-order valence-electron chi connectivity index (χ0n) is 13.2. The predicted molar refractivity (Wildman–Crippen MR) is 97.1 cm³/mol. The molecule has 0 aliphatic carbocycles. The number of rotatable bonds is 4. The molecule has 0 aliphatic heterocycles. The predicted octanol–water partition coefficient (Wildman–Crippen LogP) is 5.23. The number of aromatic nitrogens is 2. The van der Waals surface area contributed by atoms with E-state index in [0.717, 1.165) is 38.3 Å². The van der Waals surface area contributed by atoms with Crippen LogP contribution in [0.5, 0.6) is 5.75 Å². The van der Waals surface area contributed by atoms with Crippen molar-refractivity contribution in [3.8, 4) is 22.8 Å². The molecule has 0 saturated heterocycles. The second-order valence-corrected chi connectivity index (χ2v) is 6.35. The maximum Gasteiger partial charge on any atom is 0.144 e. The molecule has 1 heterocycles. The smallest absolute Gasteiger partial charge is 0.144 e. The van der Waals surface area contributed by atoms with Crippen LogP contribution in [-0.4, -0.2) is 22.9 Å². The Morgan fingerprint density at radius 1 is 1.17 bits per heavy atom. The zero-order chi connectivity index (χ0) is 16.4. The van der Waals surface area contributed by atoms with Crippen molar-refractivity contribution in [2.24, 2.45) is 0 Å². The molecule has 3 aromatic rings. The Morgan fingerprint density at radius 3 is 2.52 bits per heavy atom. The molecule has 0 unspecified atom stereocenters. The Labute approximate surface area is 145 Å². The first-order valence-electron chi connectivity index (χ1n) is 7.16. The average Bonchev–Trinajstić information content (AvgIpc) is 3.04. The van der Waals surface area contributed by atoms with Gasteiger partial charge in [0.05, 0.1) is 12.1 Å². The monoisotopic (exact) mass is 344 g/mol. The number of halogens is 1. The molecule has 0 amide bonds. The normalized spacial score (nSPS) is 10.8. The second-order valence-electron chi connectivity index (χ2n) is 5.13. The van der Waals surface area contributed by atoms with E-state index < -0.39 is 0 Å². The second kappa shape index (κ2) is 6.69. The van der Waals surface area contributed by atoms with Gasteiger partial charge in [0.25, 0.3) is 0 Å². The maximum absolute atomic E-state index is 6.42. The van der Waals surface area contributed by atoms with Gasteiger partial charge in [0.1, 0.15) is 11.6 Å². The first kappa shape index (κ1) is 16.0. The fraction of sp³-hybridized carbons (Fsp3) is 0.167. The number of hydrogen-bond donors (Lipinski definition) is 0. The van der Waals surface area contributed by atoms with Gasteiger partial charge in [0.2, 0.25) is 0 Å². The highest BCUT2D eigenvalue weighted by atomic mass is 35.5. The molecule has 118 valence electrons. The van der Waals surface area contributed by atoms with Gasteiger partial charge in [0.15, 0.2) is 0 Å². The van der Waals surface area contributed by atoms with Gasteiger partial charge in [-0.2, -0.15) is 0 Å². The van der Waals surface area contributed by atoms with E-state index in [9.17, 15) is 0 Å². The van der Waals surface area contributed by atoms with Crippen LogP contribution in [-0.2, 0) is 0 Å². The van der Waals surface area contributed by atoms with Gasteiger partial charge < -0.3 is 4.74 Å². The largest absolute Gasteiger partial charge is 0.497 e. The summed E-state index contributed by atoms with van der Waals surface area (Å²) in [5, 5.41) is 0.766. The first-order valence-corrected chi connectivity index (χ1v) is 8.76. The van der Waals surface area contributed by atoms with Gasteiger partial charge in [-0.25, -0.2) is 4.98 Å². The highest BCUT2D eigenvalue weighted by molar-refractivity contribution is 7.98. The van der Waals surface area contributed by atoms with Crippen LogP contribution >= 0.6 is 23.4 Å². The van der Waals surface area contributed by atoms with Crippen LogP contribution in [0.1, 0.15) is 5.56 Å². The van der Waals surface area contributed by atoms with Crippen LogP contribution in [0.15, 0.2) is 53.7 Å². The van der Waals surface area contributed by atoms with Crippen LogP contribution < -0.4 is 4.74 Å². The van der Waals surface area contributed by atoms with E-state index in [0.29, 0.717) is 0 Å². The molecule has 0 fully saturated rings. The number of methoxy groups -OCH3 is 1. The molecule has 3 rings (SSSR count). The van der Waals surface area contributed by atoms with Crippen LogP contribution in [0.25, 0.3) is 17.1 Å². The summed E-state index contributed by atoms with van der Waals surface area (Å²) in [7, 11) is 1.66. The van der Waals surface area contributed by atoms with Crippen LogP contribution in [0.3, 0.4) is 0 Å². The van der Waals surface area contributed by atoms with Crippen molar-refractivity contribution in [2.75, 3.05) is 13.4 Å². The van der Waals surface area contributed by atoms with Gasteiger partial charge in [0, 0.05) is 28.5 Å². The quantitative estimate of drug-likeness (QED) is 0.606. The lowest BCUT2D eigenvalue weighted by atomic mass is 10.2. The highest BCUT2D eigenvalue weighted by Crippen LogP contribution is 2.32. The molecule has 23 heavy (non-hydrogen) atoms. The van der Waals surface area contributed by atoms with Crippen molar-refractivity contribution >= 4 is 23.4 Å². The third kappa shape index (κ3) is 3.09. The summed E-state index contributed by atoms with van der Waals surface area (Å²) in [5.74, 6) is 1.70. The SMILES string of the molecule is COc1ccc(-c2nccn2-c2cc(C)c(SC)c(Cl)c2)cc1. The lowest BCUT2D eigenvalue weighted by molar-refractivity contribution is 0.415. The summed E-state index contributed by atoms with van der Waals surface area (Å²) in [6.45, 7) is 2.07. The summed E-state index contributed by atoms with van der Waals surface area (Å²) in [4.78, 5) is 5.61. The minimum atomic E-state index is 0.766. The third-order valence-electron chi connectivity index (χ3n) is 3.69. The molecule has 0 N–H and O–H groups in total. The summed E-state index contributed by atoms with van der Waals surface area (Å²) in [6, 6.07) is 12.0. The van der Waals surface area contributed by atoms with E-state index >= 15 is 0 Å². The molecule has 1 aromatic heterocycles. The van der Waals surface area contributed by atoms with Crippen molar-refractivity contribution in [1.29, 1.82) is 0 Å². The Bertz CT molecular complexity index is 804. The highest BCUT2D eigenvalue weighted by Gasteiger charge is 2.11. The van der Waals surface area contributed by atoms with E-state index in [-0.39, 0.29) is 0 Å². The van der Waals surface area contributed by atoms with Gasteiger partial charge in [-0.3, -0.25) is 4.57 Å². The van der Waals surface area contributed by atoms with Crippen molar-refractivity contribution in [1.82, 2.24) is 9.55 Å². The summed E-state index contributed by atoms with van der Waals surface area (Å²) < 4.78 is 7.26. The number of hydrogen-bond acceptors (Lipinski definition) is 3. The number of nitrogens with zero attached hydrogens (tertiary/aromatic N) is 2. The fourth-order valence-corrected chi connectivity index (χ4v) is 3.70. The average molecular weight is 345 g/mol. The third-order valence-corrected chi connectivity index (χ3v) is 5.05. The number of imidazole rings is 1. The minimum Gasteiger partial charge on any atom is -0.497 e. The Morgan fingerprint density at radius 2 is 1.91 bits per heavy atom. The molecule has 2 aromatic carbocycles. The molecule has 0 saturated carbocycles. The molecule has 0 bridgehead atoms. The lowest BCUT2D eigenvalue weighted by Crippen LogP contribution is -1.98. The lowest BCUT2D eigenvalue weighted by Gasteiger charge is -2.12. The van der Waals surface area contributed by atoms with Crippen molar-refractivity contribution in [3.05, 3.63) is 59.4 Å². The van der Waals surface area contributed by atoms with Gasteiger partial charge in [-0.05, 0) is 55.1 Å². The van der Waals surface area contributed by atoms with Crippen LogP contribution in [0, 0.1) is 6.92 Å². The van der Waals surface area contributed by atoms with Crippen LogP contribution in [0.4, 0.5) is 0 Å². The van der Waals surface area contributed by atoms with Crippen molar-refractivity contribution in [2.45, 2.75) is 11.8 Å². The fourth-order valence-electron chi connectivity index (χ4n) is 2.58. The molecule has 3 nitrogen and oxygen atoms in total. The number of ether oxygens (including phenoxy) is 1. The molecular formula is C18H17ClN2OS. The molecule has 0 spiro atoms. The molecule has 0 aliphatic rings. The summed E-state index contributed by atoms with van der Waals surface area (Å²) in [5.41, 5.74) is 3.20. The van der Waals surface area contributed by atoms with Crippen molar-refractivity contribution < 1.29 is 4.74 Å². The van der Waals surface area contributed by atoms with E-state index in [1.165, 1.54) is 0 Å². The van der Waals surface area contributed by atoms with E-state index in [1.54, 1.807) is 25.1 Å². The van der Waals surface area contributed by atoms with Gasteiger partial charge >= 0.3 is 0 Å². The topological polar surface area (TPSA) is 27.1 Å². The van der Waals surface area contributed by atoms with E-state index in [4.69, 9.17) is 16.3 Å². The van der Waals surface area contributed by atoms with E-state index in [1.807, 2.05) is 47.4 Å². The van der Waals surface area contributed by atoms with Crippen molar-refractivity contribution in [3.63, 3.8) is 0 Å². The molecule has 5 heteroatoms. The molecular weight excluding hydrogens is 328 g/mol. The number of benzene rings is 2. The Balaban J connectivity index is 2.07. The number of thioether (sulfide) groups is 1. The minimum absolute atomic E-state index is 0.766. The van der Waals surface area contributed by atoms with Crippen LogP contribution in [0.2, 0.25) is 5.02 Å². The summed E-state index contributed by atoms with van der Waals surface area (Å²) >= 11 is 8.08. The summed E-state index contributed by atoms with van der Waals surface area (Å²) in [6.07, 6.45) is 5.78. The Hall–Kier alpha value is -1.91. The zero-order valence-corrected chi connectivity index (χ0v) is 14.8. The van der Waals surface area contributed by atoms with Gasteiger partial charge in [-0.1, -0.05) is 11.6 Å². The molecule has 0 radical (unpaired) electrons. The standard InChI is InChI=1S/C18H17ClN2OS/c1-12-10-14(11-16(19)17(12)23-3)21-9-8-20-18(21)13-4-6-15(22-2)7-5-13/h4-11H,1-3H3. The molecule has 0 atom stereocenters. The number of aryl methyl sites for hydroxylation is 1. The maximum atomic E-state index is 6.42.